The number of aryl methyl sites for hydroxylation is 1. The normalized spacial score (nSPS) is 15.1. The van der Waals surface area contributed by atoms with Crippen molar-refractivity contribution in [2.24, 2.45) is 7.05 Å². The van der Waals surface area contributed by atoms with Crippen molar-refractivity contribution in [3.05, 3.63) is 34.5 Å². The maximum absolute atomic E-state index is 12.8. The molecule has 0 aliphatic carbocycles. The fourth-order valence-corrected chi connectivity index (χ4v) is 3.53. The maximum Gasteiger partial charge on any atom is 0.330 e. The van der Waals surface area contributed by atoms with Gasteiger partial charge < -0.3 is 14.8 Å². The summed E-state index contributed by atoms with van der Waals surface area (Å²) in [6.07, 6.45) is 4.94. The highest BCUT2D eigenvalue weighted by Gasteiger charge is 2.23. The molecule has 0 radical (unpaired) electrons. The first-order chi connectivity index (χ1) is 13.6. The lowest BCUT2D eigenvalue weighted by atomic mass is 10.1. The Morgan fingerprint density at radius 3 is 2.86 bits per heavy atom. The molecule has 0 aromatic carbocycles. The van der Waals surface area contributed by atoms with Crippen LogP contribution in [-0.2, 0) is 11.8 Å². The molecule has 1 aliphatic heterocycles. The molecule has 1 N–H and O–H groups in total. The van der Waals surface area contributed by atoms with Gasteiger partial charge in [0.1, 0.15) is 17.1 Å². The molecule has 1 aliphatic rings. The van der Waals surface area contributed by atoms with E-state index in [4.69, 9.17) is 9.47 Å². The molecule has 3 aromatic rings. The van der Waals surface area contributed by atoms with Crippen LogP contribution >= 0.6 is 0 Å². The van der Waals surface area contributed by atoms with E-state index in [0.717, 1.165) is 24.2 Å². The van der Waals surface area contributed by atoms with Crippen molar-refractivity contribution < 1.29 is 9.47 Å². The number of pyridine rings is 1. The Balaban J connectivity index is 1.74. The molecule has 4 heterocycles. The van der Waals surface area contributed by atoms with Gasteiger partial charge in [-0.3, -0.25) is 9.13 Å². The molecular weight excluding hydrogens is 360 g/mol. The predicted molar refractivity (Wildman–Crippen MR) is 105 cm³/mol. The van der Waals surface area contributed by atoms with Gasteiger partial charge in [0.25, 0.3) is 0 Å². The number of hydrogen-bond acceptors (Lipinski definition) is 7. The molecule has 4 rings (SSSR count). The number of fused-ring (bicyclic) bond motifs is 1. The van der Waals surface area contributed by atoms with Crippen LogP contribution in [0.5, 0.6) is 5.75 Å². The molecule has 0 amide bonds. The van der Waals surface area contributed by atoms with Crippen LogP contribution in [0.15, 0.2) is 23.3 Å². The molecule has 9 nitrogen and oxygen atoms in total. The second-order valence-corrected chi connectivity index (χ2v) is 6.80. The van der Waals surface area contributed by atoms with Gasteiger partial charge in [0, 0.05) is 38.1 Å². The van der Waals surface area contributed by atoms with Crippen molar-refractivity contribution in [3.8, 4) is 5.75 Å². The molecule has 148 valence electrons. The topological polar surface area (TPSA) is 96.1 Å². The standard InChI is InChI=1S/C19H24N6O3/c1-4-28-15-5-8-20-16(12(15)2)22-18-21-11-14-17(23-18)25(19(26)24(14)3)13-6-9-27-10-7-13/h5,8,11,13H,4,6-7,9-10H2,1-3H3,(H,20,21,22,23). The summed E-state index contributed by atoms with van der Waals surface area (Å²) in [5.74, 6) is 1.78. The van der Waals surface area contributed by atoms with Gasteiger partial charge in [0.2, 0.25) is 5.95 Å². The largest absolute Gasteiger partial charge is 0.493 e. The van der Waals surface area contributed by atoms with Gasteiger partial charge >= 0.3 is 5.69 Å². The highest BCUT2D eigenvalue weighted by Crippen LogP contribution is 2.27. The SMILES string of the molecule is CCOc1ccnc(Nc2ncc3c(n2)n(C2CCOCC2)c(=O)n3C)c1C. The Morgan fingerprint density at radius 1 is 1.32 bits per heavy atom. The Kier molecular flexibility index (Phi) is 4.99. The molecule has 28 heavy (non-hydrogen) atoms. The van der Waals surface area contributed by atoms with Crippen LogP contribution in [-0.4, -0.2) is 43.9 Å². The summed E-state index contributed by atoms with van der Waals surface area (Å²) < 4.78 is 14.4. The first-order valence-electron chi connectivity index (χ1n) is 9.47. The van der Waals surface area contributed by atoms with Crippen molar-refractivity contribution in [3.63, 3.8) is 0 Å². The number of nitrogens with zero attached hydrogens (tertiary/aromatic N) is 5. The zero-order valence-electron chi connectivity index (χ0n) is 16.3. The number of rotatable bonds is 5. The van der Waals surface area contributed by atoms with Crippen molar-refractivity contribution >= 4 is 22.9 Å². The Bertz CT molecular complexity index is 1050. The van der Waals surface area contributed by atoms with E-state index in [1.807, 2.05) is 19.9 Å². The molecule has 0 atom stereocenters. The minimum Gasteiger partial charge on any atom is -0.493 e. The van der Waals surface area contributed by atoms with E-state index in [1.165, 1.54) is 0 Å². The molecule has 0 unspecified atom stereocenters. The number of aromatic nitrogens is 5. The number of anilines is 2. The van der Waals surface area contributed by atoms with E-state index >= 15 is 0 Å². The van der Waals surface area contributed by atoms with Crippen LogP contribution in [0.3, 0.4) is 0 Å². The third-order valence-electron chi connectivity index (χ3n) is 5.07. The molecule has 9 heteroatoms. The van der Waals surface area contributed by atoms with Crippen LogP contribution in [0.1, 0.15) is 31.4 Å². The third kappa shape index (κ3) is 3.22. The highest BCUT2D eigenvalue weighted by molar-refractivity contribution is 5.73. The van der Waals surface area contributed by atoms with Gasteiger partial charge in [0.05, 0.1) is 12.8 Å². The monoisotopic (exact) mass is 384 g/mol. The first kappa shape index (κ1) is 18.4. The predicted octanol–water partition coefficient (Wildman–Crippen LogP) is 2.33. The van der Waals surface area contributed by atoms with Crippen LogP contribution in [0.2, 0.25) is 0 Å². The maximum atomic E-state index is 12.8. The van der Waals surface area contributed by atoms with Gasteiger partial charge in [-0.05, 0) is 32.8 Å². The van der Waals surface area contributed by atoms with E-state index in [-0.39, 0.29) is 11.7 Å². The average molecular weight is 384 g/mol. The van der Waals surface area contributed by atoms with Crippen LogP contribution in [0.25, 0.3) is 11.2 Å². The van der Waals surface area contributed by atoms with E-state index in [9.17, 15) is 4.79 Å². The minimum absolute atomic E-state index is 0.0776. The average Bonchev–Trinajstić information content (AvgIpc) is 2.96. The second kappa shape index (κ2) is 7.59. The van der Waals surface area contributed by atoms with Gasteiger partial charge in [0.15, 0.2) is 5.65 Å². The number of nitrogens with one attached hydrogen (secondary N) is 1. The molecule has 1 fully saturated rings. The lowest BCUT2D eigenvalue weighted by molar-refractivity contribution is 0.0695. The van der Waals surface area contributed by atoms with Gasteiger partial charge in [-0.25, -0.2) is 14.8 Å². The third-order valence-corrected chi connectivity index (χ3v) is 5.07. The second-order valence-electron chi connectivity index (χ2n) is 6.80. The summed E-state index contributed by atoms with van der Waals surface area (Å²) in [6.45, 7) is 5.75. The minimum atomic E-state index is -0.0824. The molecular formula is C19H24N6O3. The lowest BCUT2D eigenvalue weighted by Gasteiger charge is -2.22. The number of hydrogen-bond donors (Lipinski definition) is 1. The molecule has 0 spiro atoms. The smallest absolute Gasteiger partial charge is 0.330 e. The van der Waals surface area contributed by atoms with Crippen molar-refractivity contribution in [2.75, 3.05) is 25.1 Å². The summed E-state index contributed by atoms with van der Waals surface area (Å²) in [5, 5.41) is 3.16. The summed E-state index contributed by atoms with van der Waals surface area (Å²) in [5.41, 5.74) is 2.12. The molecule has 0 saturated carbocycles. The fourth-order valence-electron chi connectivity index (χ4n) is 3.53. The summed E-state index contributed by atoms with van der Waals surface area (Å²) in [7, 11) is 1.74. The molecule has 1 saturated heterocycles. The van der Waals surface area contributed by atoms with Crippen LogP contribution in [0.4, 0.5) is 11.8 Å². The van der Waals surface area contributed by atoms with Gasteiger partial charge in [-0.2, -0.15) is 4.98 Å². The molecule has 3 aromatic heterocycles. The van der Waals surface area contributed by atoms with E-state index in [2.05, 4.69) is 20.3 Å². The van der Waals surface area contributed by atoms with E-state index in [1.54, 1.807) is 28.6 Å². The summed E-state index contributed by atoms with van der Waals surface area (Å²) in [6, 6.07) is 1.91. The van der Waals surface area contributed by atoms with Gasteiger partial charge in [-0.15, -0.1) is 0 Å². The zero-order valence-corrected chi connectivity index (χ0v) is 16.3. The summed E-state index contributed by atoms with van der Waals surface area (Å²) >= 11 is 0. The Morgan fingerprint density at radius 2 is 2.11 bits per heavy atom. The van der Waals surface area contributed by atoms with Crippen LogP contribution < -0.4 is 15.7 Å². The Hall–Kier alpha value is -2.94. The summed E-state index contributed by atoms with van der Waals surface area (Å²) in [4.78, 5) is 26.2. The fraction of sp³-hybridized carbons (Fsp3) is 0.474. The van der Waals surface area contributed by atoms with E-state index < -0.39 is 0 Å². The van der Waals surface area contributed by atoms with Crippen molar-refractivity contribution in [2.45, 2.75) is 32.7 Å². The van der Waals surface area contributed by atoms with Crippen molar-refractivity contribution in [1.82, 2.24) is 24.1 Å². The van der Waals surface area contributed by atoms with Crippen LogP contribution in [0, 0.1) is 6.92 Å². The Labute approximate surface area is 162 Å². The van der Waals surface area contributed by atoms with Crippen molar-refractivity contribution in [1.29, 1.82) is 0 Å². The van der Waals surface area contributed by atoms with Gasteiger partial charge in [-0.1, -0.05) is 0 Å². The number of ether oxygens (including phenoxy) is 2. The molecule has 0 bridgehead atoms. The lowest BCUT2D eigenvalue weighted by Crippen LogP contribution is -2.30. The zero-order chi connectivity index (χ0) is 19.7. The highest BCUT2D eigenvalue weighted by atomic mass is 16.5. The number of imidazole rings is 1. The first-order valence-corrected chi connectivity index (χ1v) is 9.47. The van der Waals surface area contributed by atoms with E-state index in [0.29, 0.717) is 42.8 Å². The quantitative estimate of drug-likeness (QED) is 0.721.